The summed E-state index contributed by atoms with van der Waals surface area (Å²) in [5, 5.41) is 6.17. The predicted molar refractivity (Wildman–Crippen MR) is 99.1 cm³/mol. The molecule has 1 heterocycles. The Kier molecular flexibility index (Phi) is 6.56. The Morgan fingerprint density at radius 1 is 1.30 bits per heavy atom. The highest BCUT2D eigenvalue weighted by Crippen LogP contribution is 2.24. The Balaban J connectivity index is 2.19. The molecule has 1 N–H and O–H groups in total. The lowest BCUT2D eigenvalue weighted by Gasteiger charge is -2.24. The molecule has 146 valence electrons. The van der Waals surface area contributed by atoms with Gasteiger partial charge in [-0.2, -0.15) is 0 Å². The summed E-state index contributed by atoms with van der Waals surface area (Å²) in [7, 11) is -3.74. The third kappa shape index (κ3) is 5.55. The Hall–Kier alpha value is -2.88. The van der Waals surface area contributed by atoms with E-state index >= 15 is 0 Å². The van der Waals surface area contributed by atoms with Crippen molar-refractivity contribution in [3.63, 3.8) is 0 Å². The number of aromatic nitrogens is 1. The lowest BCUT2D eigenvalue weighted by Crippen LogP contribution is -2.34. The van der Waals surface area contributed by atoms with Crippen LogP contribution in [0.4, 0.5) is 11.5 Å². The smallest absolute Gasteiger partial charge is 0.340 e. The molecule has 0 unspecified atom stereocenters. The Morgan fingerprint density at radius 2 is 2.00 bits per heavy atom. The summed E-state index contributed by atoms with van der Waals surface area (Å²) in [6, 6.07) is 7.72. The van der Waals surface area contributed by atoms with Crippen molar-refractivity contribution in [2.75, 3.05) is 29.0 Å². The summed E-state index contributed by atoms with van der Waals surface area (Å²) in [6.07, 6.45) is 0.865. The number of benzene rings is 1. The molecule has 2 aromatic rings. The van der Waals surface area contributed by atoms with Crippen molar-refractivity contribution < 1.29 is 27.3 Å². The van der Waals surface area contributed by atoms with Crippen LogP contribution in [0.25, 0.3) is 0 Å². The van der Waals surface area contributed by atoms with Gasteiger partial charge in [0, 0.05) is 19.0 Å². The van der Waals surface area contributed by atoms with Crippen molar-refractivity contribution in [2.45, 2.75) is 20.3 Å². The van der Waals surface area contributed by atoms with Gasteiger partial charge in [-0.05, 0) is 26.0 Å². The van der Waals surface area contributed by atoms with E-state index < -0.39 is 21.9 Å². The minimum atomic E-state index is -3.74. The zero-order chi connectivity index (χ0) is 20.0. The average molecular weight is 395 g/mol. The first-order chi connectivity index (χ1) is 12.7. The highest BCUT2D eigenvalue weighted by Gasteiger charge is 2.24. The number of anilines is 2. The number of nitrogens with zero attached hydrogens (tertiary/aromatic N) is 2. The molecule has 2 rings (SSSR count). The molecule has 0 aliphatic rings. The first-order valence-electron chi connectivity index (χ1n) is 8.19. The van der Waals surface area contributed by atoms with Crippen LogP contribution in [0.2, 0.25) is 0 Å². The molecule has 10 heteroatoms. The van der Waals surface area contributed by atoms with Crippen molar-refractivity contribution in [3.05, 3.63) is 41.7 Å². The largest absolute Gasteiger partial charge is 0.462 e. The van der Waals surface area contributed by atoms with Crippen LogP contribution in [0, 0.1) is 6.92 Å². The third-order valence-corrected chi connectivity index (χ3v) is 4.69. The molecule has 0 radical (unpaired) electrons. The SMILES string of the molecule is CCOC(=O)c1ccccc1N(CCC(=O)Nc1cc(C)on1)S(C)(=O)=O. The number of amides is 1. The second kappa shape index (κ2) is 8.67. The second-order valence-corrected chi connectivity index (χ2v) is 7.60. The number of sulfonamides is 1. The molecular weight excluding hydrogens is 374 g/mol. The maximum absolute atomic E-state index is 12.3. The van der Waals surface area contributed by atoms with E-state index in [1.165, 1.54) is 12.1 Å². The number of hydrogen-bond donors (Lipinski definition) is 1. The molecule has 0 aliphatic carbocycles. The Morgan fingerprint density at radius 3 is 2.59 bits per heavy atom. The van der Waals surface area contributed by atoms with E-state index in [9.17, 15) is 18.0 Å². The fourth-order valence-electron chi connectivity index (χ4n) is 2.37. The summed E-state index contributed by atoms with van der Waals surface area (Å²) < 4.78 is 35.4. The van der Waals surface area contributed by atoms with Gasteiger partial charge in [-0.15, -0.1) is 0 Å². The number of ether oxygens (including phenoxy) is 1. The van der Waals surface area contributed by atoms with Crippen molar-refractivity contribution in [1.82, 2.24) is 5.16 Å². The zero-order valence-corrected chi connectivity index (χ0v) is 16.1. The molecule has 1 amide bonds. The second-order valence-electron chi connectivity index (χ2n) is 5.69. The van der Waals surface area contributed by atoms with Crippen molar-refractivity contribution >= 4 is 33.4 Å². The summed E-state index contributed by atoms with van der Waals surface area (Å²) in [4.78, 5) is 24.2. The number of nitrogens with one attached hydrogen (secondary N) is 1. The van der Waals surface area contributed by atoms with Crippen LogP contribution in [0.1, 0.15) is 29.5 Å². The molecule has 9 nitrogen and oxygen atoms in total. The topological polar surface area (TPSA) is 119 Å². The van der Waals surface area contributed by atoms with Gasteiger partial charge < -0.3 is 14.6 Å². The monoisotopic (exact) mass is 395 g/mol. The first-order valence-corrected chi connectivity index (χ1v) is 10.0. The number of aryl methyl sites for hydroxylation is 1. The Labute approximate surface area is 157 Å². The van der Waals surface area contributed by atoms with Crippen molar-refractivity contribution in [3.8, 4) is 0 Å². The molecule has 0 aliphatic heterocycles. The minimum Gasteiger partial charge on any atom is -0.462 e. The lowest BCUT2D eigenvalue weighted by molar-refractivity contribution is -0.116. The molecule has 0 saturated heterocycles. The van der Waals surface area contributed by atoms with Gasteiger partial charge in [0.25, 0.3) is 0 Å². The number of carbonyl (C=O) groups excluding carboxylic acids is 2. The van der Waals surface area contributed by atoms with Gasteiger partial charge in [-0.3, -0.25) is 9.10 Å². The summed E-state index contributed by atoms with van der Waals surface area (Å²) >= 11 is 0. The van der Waals surface area contributed by atoms with E-state index in [4.69, 9.17) is 9.26 Å². The van der Waals surface area contributed by atoms with E-state index in [1.54, 1.807) is 32.0 Å². The van der Waals surface area contributed by atoms with Crippen LogP contribution in [0.3, 0.4) is 0 Å². The van der Waals surface area contributed by atoms with Crippen LogP contribution < -0.4 is 9.62 Å². The van der Waals surface area contributed by atoms with Gasteiger partial charge in [0.2, 0.25) is 15.9 Å². The van der Waals surface area contributed by atoms with Crippen molar-refractivity contribution in [2.24, 2.45) is 0 Å². The maximum Gasteiger partial charge on any atom is 0.340 e. The molecular formula is C17H21N3O6S. The number of carbonyl (C=O) groups is 2. The van der Waals surface area contributed by atoms with Gasteiger partial charge in [-0.1, -0.05) is 17.3 Å². The van der Waals surface area contributed by atoms with Crippen LogP contribution in [0.5, 0.6) is 0 Å². The van der Waals surface area contributed by atoms with Crippen molar-refractivity contribution in [1.29, 1.82) is 0 Å². The lowest BCUT2D eigenvalue weighted by atomic mass is 10.1. The summed E-state index contributed by atoms with van der Waals surface area (Å²) in [5.41, 5.74) is 0.265. The molecule has 0 bridgehead atoms. The van der Waals surface area contributed by atoms with Gasteiger partial charge in [0.15, 0.2) is 5.82 Å². The number of rotatable bonds is 8. The molecule has 1 aromatic carbocycles. The van der Waals surface area contributed by atoms with E-state index in [-0.39, 0.29) is 36.6 Å². The number of esters is 1. The van der Waals surface area contributed by atoms with Gasteiger partial charge >= 0.3 is 5.97 Å². The zero-order valence-electron chi connectivity index (χ0n) is 15.3. The Bertz CT molecular complexity index is 922. The molecule has 0 spiro atoms. The fourth-order valence-corrected chi connectivity index (χ4v) is 3.31. The van der Waals surface area contributed by atoms with Gasteiger partial charge in [0.1, 0.15) is 5.76 Å². The normalized spacial score (nSPS) is 11.1. The van der Waals surface area contributed by atoms with E-state index in [0.717, 1.165) is 10.6 Å². The van der Waals surface area contributed by atoms with Crippen LogP contribution in [-0.4, -0.2) is 44.9 Å². The number of para-hydroxylation sites is 1. The molecule has 27 heavy (non-hydrogen) atoms. The minimum absolute atomic E-state index is 0.109. The molecule has 1 aromatic heterocycles. The predicted octanol–water partition coefficient (Wildman–Crippen LogP) is 1.95. The molecule has 0 fully saturated rings. The van der Waals surface area contributed by atoms with E-state index in [1.807, 2.05) is 0 Å². The third-order valence-electron chi connectivity index (χ3n) is 3.51. The highest BCUT2D eigenvalue weighted by atomic mass is 32.2. The van der Waals surface area contributed by atoms with Gasteiger partial charge in [-0.25, -0.2) is 13.2 Å². The van der Waals surface area contributed by atoms with Gasteiger partial charge in [0.05, 0.1) is 24.1 Å². The quantitative estimate of drug-likeness (QED) is 0.679. The molecule has 0 saturated carbocycles. The average Bonchev–Trinajstić information content (AvgIpc) is 2.99. The van der Waals surface area contributed by atoms with Crippen LogP contribution in [0.15, 0.2) is 34.9 Å². The van der Waals surface area contributed by atoms with E-state index in [0.29, 0.717) is 5.76 Å². The molecule has 0 atom stereocenters. The summed E-state index contributed by atoms with van der Waals surface area (Å²) in [5.74, 6) is -0.295. The fraction of sp³-hybridized carbons (Fsp3) is 0.353. The number of hydrogen-bond acceptors (Lipinski definition) is 7. The first kappa shape index (κ1) is 20.4. The maximum atomic E-state index is 12.3. The van der Waals surface area contributed by atoms with Crippen LogP contribution in [-0.2, 0) is 19.6 Å². The summed E-state index contributed by atoms with van der Waals surface area (Å²) in [6.45, 7) is 3.34. The highest BCUT2D eigenvalue weighted by molar-refractivity contribution is 7.92. The van der Waals surface area contributed by atoms with Crippen LogP contribution >= 0.6 is 0 Å². The standard InChI is InChI=1S/C17H21N3O6S/c1-4-25-17(22)13-7-5-6-8-14(13)20(27(3,23)24)10-9-16(21)18-15-11-12(2)26-19-15/h5-8,11H,4,9-10H2,1-3H3,(H,18,19,21). The van der Waals surface area contributed by atoms with E-state index in [2.05, 4.69) is 10.5 Å².